The zero-order valence-electron chi connectivity index (χ0n) is 14.4. The molecule has 2 unspecified atom stereocenters. The van der Waals surface area contributed by atoms with Crippen LogP contribution < -0.4 is 21.1 Å². The fourth-order valence-corrected chi connectivity index (χ4v) is 3.12. The fourth-order valence-electron chi connectivity index (χ4n) is 3.12. The van der Waals surface area contributed by atoms with Crippen LogP contribution in [0, 0.1) is 5.92 Å². The highest BCUT2D eigenvalue weighted by Crippen LogP contribution is 2.31. The molecule has 1 aliphatic rings. The summed E-state index contributed by atoms with van der Waals surface area (Å²) in [6, 6.07) is 6.88. The number of hydrogen-bond donors (Lipinski definition) is 3. The van der Waals surface area contributed by atoms with Crippen molar-refractivity contribution in [3.05, 3.63) is 29.8 Å². The highest BCUT2D eigenvalue weighted by molar-refractivity contribution is 5.94. The molecule has 0 radical (unpaired) electrons. The molecule has 1 fully saturated rings. The minimum absolute atomic E-state index is 0.0154. The minimum Gasteiger partial charge on any atom is -0.497 e. The molecule has 2 rings (SSSR count). The number of hydrogen-bond acceptors (Lipinski definition) is 4. The predicted octanol–water partition coefficient (Wildman–Crippen LogP) is 1.45. The standard InChI is InChI=1S/C18H27N3O3/c1-18(19)10-4-3-5-15(18)17(23)21-12-11-20-16(22)13-6-8-14(24-2)9-7-13/h6-9,15H,3-5,10-12,19H2,1-2H3,(H,20,22)(H,21,23). The number of carbonyl (C=O) groups is 2. The molecule has 0 bridgehead atoms. The number of ether oxygens (including phenoxy) is 1. The molecule has 132 valence electrons. The molecule has 0 heterocycles. The van der Waals surface area contributed by atoms with Crippen LogP contribution in [-0.4, -0.2) is 37.6 Å². The van der Waals surface area contributed by atoms with Crippen LogP contribution in [0.1, 0.15) is 43.0 Å². The average Bonchev–Trinajstić information content (AvgIpc) is 2.58. The van der Waals surface area contributed by atoms with Gasteiger partial charge in [-0.15, -0.1) is 0 Å². The van der Waals surface area contributed by atoms with Gasteiger partial charge in [0.15, 0.2) is 0 Å². The second-order valence-corrected chi connectivity index (χ2v) is 6.58. The highest BCUT2D eigenvalue weighted by Gasteiger charge is 2.37. The van der Waals surface area contributed by atoms with E-state index >= 15 is 0 Å². The van der Waals surface area contributed by atoms with Crippen LogP contribution in [0.15, 0.2) is 24.3 Å². The van der Waals surface area contributed by atoms with Crippen LogP contribution >= 0.6 is 0 Å². The topological polar surface area (TPSA) is 93.5 Å². The Morgan fingerprint density at radius 3 is 2.50 bits per heavy atom. The quantitative estimate of drug-likeness (QED) is 0.687. The monoisotopic (exact) mass is 333 g/mol. The summed E-state index contributed by atoms with van der Waals surface area (Å²) >= 11 is 0. The van der Waals surface area contributed by atoms with Gasteiger partial charge in [0, 0.05) is 24.2 Å². The highest BCUT2D eigenvalue weighted by atomic mass is 16.5. The van der Waals surface area contributed by atoms with Crippen LogP contribution in [0.2, 0.25) is 0 Å². The van der Waals surface area contributed by atoms with Crippen LogP contribution in [-0.2, 0) is 4.79 Å². The van der Waals surface area contributed by atoms with Crippen molar-refractivity contribution in [2.75, 3.05) is 20.2 Å². The molecule has 1 aromatic carbocycles. The van der Waals surface area contributed by atoms with E-state index in [2.05, 4.69) is 10.6 Å². The van der Waals surface area contributed by atoms with Gasteiger partial charge < -0.3 is 21.1 Å². The molecule has 0 spiro atoms. The van der Waals surface area contributed by atoms with Gasteiger partial charge in [-0.2, -0.15) is 0 Å². The van der Waals surface area contributed by atoms with Crippen molar-refractivity contribution >= 4 is 11.8 Å². The van der Waals surface area contributed by atoms with Crippen LogP contribution in [0.5, 0.6) is 5.75 Å². The number of nitrogens with one attached hydrogen (secondary N) is 2. The van der Waals surface area contributed by atoms with Crippen molar-refractivity contribution in [2.45, 2.75) is 38.1 Å². The smallest absolute Gasteiger partial charge is 0.251 e. The van der Waals surface area contributed by atoms with Crippen LogP contribution in [0.3, 0.4) is 0 Å². The summed E-state index contributed by atoms with van der Waals surface area (Å²) in [4.78, 5) is 24.3. The Kier molecular flexibility index (Phi) is 6.20. The van der Waals surface area contributed by atoms with Crippen molar-refractivity contribution in [3.8, 4) is 5.75 Å². The molecule has 4 N–H and O–H groups in total. The maximum absolute atomic E-state index is 12.3. The summed E-state index contributed by atoms with van der Waals surface area (Å²) in [6.07, 6.45) is 3.82. The van der Waals surface area contributed by atoms with Gasteiger partial charge in [-0.1, -0.05) is 12.8 Å². The Hall–Kier alpha value is -2.08. The average molecular weight is 333 g/mol. The summed E-state index contributed by atoms with van der Waals surface area (Å²) in [6.45, 7) is 2.72. The normalized spacial score (nSPS) is 23.4. The molecule has 24 heavy (non-hydrogen) atoms. The van der Waals surface area contributed by atoms with Gasteiger partial charge in [-0.05, 0) is 44.0 Å². The summed E-state index contributed by atoms with van der Waals surface area (Å²) in [7, 11) is 1.58. The van der Waals surface area contributed by atoms with E-state index < -0.39 is 5.54 Å². The molecule has 6 heteroatoms. The SMILES string of the molecule is COc1ccc(C(=O)NCCNC(=O)C2CCCCC2(C)N)cc1. The Morgan fingerprint density at radius 2 is 1.88 bits per heavy atom. The summed E-state index contributed by atoms with van der Waals surface area (Å²) in [5.41, 5.74) is 6.36. The summed E-state index contributed by atoms with van der Waals surface area (Å²) in [5.74, 6) is 0.367. The molecule has 6 nitrogen and oxygen atoms in total. The largest absolute Gasteiger partial charge is 0.497 e. The zero-order chi connectivity index (χ0) is 17.6. The maximum atomic E-state index is 12.3. The van der Waals surface area contributed by atoms with Gasteiger partial charge in [0.05, 0.1) is 13.0 Å². The lowest BCUT2D eigenvalue weighted by Crippen LogP contribution is -2.53. The predicted molar refractivity (Wildman–Crippen MR) is 92.9 cm³/mol. The third kappa shape index (κ3) is 4.71. The Balaban J connectivity index is 1.73. The van der Waals surface area contributed by atoms with Crippen LogP contribution in [0.4, 0.5) is 0 Å². The lowest BCUT2D eigenvalue weighted by atomic mass is 9.74. The first-order chi connectivity index (χ1) is 11.4. The number of benzene rings is 1. The minimum atomic E-state index is -0.436. The second-order valence-electron chi connectivity index (χ2n) is 6.58. The Morgan fingerprint density at radius 1 is 1.21 bits per heavy atom. The van der Waals surface area contributed by atoms with Crippen LogP contribution in [0.25, 0.3) is 0 Å². The number of carbonyl (C=O) groups excluding carboxylic acids is 2. The molecule has 2 amide bonds. The van der Waals surface area contributed by atoms with E-state index in [0.29, 0.717) is 24.4 Å². The lowest BCUT2D eigenvalue weighted by molar-refractivity contribution is -0.128. The number of amides is 2. The number of nitrogens with two attached hydrogens (primary N) is 1. The molecule has 1 aromatic rings. The van der Waals surface area contributed by atoms with E-state index in [-0.39, 0.29) is 17.7 Å². The van der Waals surface area contributed by atoms with E-state index in [1.54, 1.807) is 31.4 Å². The molecular weight excluding hydrogens is 306 g/mol. The van der Waals surface area contributed by atoms with Gasteiger partial charge in [-0.3, -0.25) is 9.59 Å². The fraction of sp³-hybridized carbons (Fsp3) is 0.556. The van der Waals surface area contributed by atoms with Gasteiger partial charge in [0.1, 0.15) is 5.75 Å². The number of rotatable bonds is 6. The van der Waals surface area contributed by atoms with Crippen molar-refractivity contribution < 1.29 is 14.3 Å². The second kappa shape index (κ2) is 8.15. The molecule has 1 aliphatic carbocycles. The van der Waals surface area contributed by atoms with Crippen molar-refractivity contribution in [3.63, 3.8) is 0 Å². The molecule has 1 saturated carbocycles. The van der Waals surface area contributed by atoms with Crippen molar-refractivity contribution in [2.24, 2.45) is 11.7 Å². The summed E-state index contributed by atoms with van der Waals surface area (Å²) < 4.78 is 5.06. The Labute approximate surface area is 143 Å². The Bertz CT molecular complexity index is 569. The van der Waals surface area contributed by atoms with Gasteiger partial charge >= 0.3 is 0 Å². The van der Waals surface area contributed by atoms with E-state index in [1.807, 2.05) is 6.92 Å². The lowest BCUT2D eigenvalue weighted by Gasteiger charge is -2.37. The van der Waals surface area contributed by atoms with Gasteiger partial charge in [0.2, 0.25) is 5.91 Å². The van der Waals surface area contributed by atoms with E-state index in [4.69, 9.17) is 10.5 Å². The first-order valence-electron chi connectivity index (χ1n) is 8.43. The van der Waals surface area contributed by atoms with Gasteiger partial charge in [-0.25, -0.2) is 0 Å². The van der Waals surface area contributed by atoms with E-state index in [1.165, 1.54) is 0 Å². The number of methoxy groups -OCH3 is 1. The van der Waals surface area contributed by atoms with Crippen molar-refractivity contribution in [1.29, 1.82) is 0 Å². The summed E-state index contributed by atoms with van der Waals surface area (Å²) in [5, 5.41) is 5.67. The molecular formula is C18H27N3O3. The van der Waals surface area contributed by atoms with E-state index in [9.17, 15) is 9.59 Å². The van der Waals surface area contributed by atoms with E-state index in [0.717, 1.165) is 25.7 Å². The van der Waals surface area contributed by atoms with Gasteiger partial charge in [0.25, 0.3) is 5.91 Å². The third-order valence-electron chi connectivity index (χ3n) is 4.63. The zero-order valence-corrected chi connectivity index (χ0v) is 14.4. The first-order valence-corrected chi connectivity index (χ1v) is 8.43. The maximum Gasteiger partial charge on any atom is 0.251 e. The molecule has 0 saturated heterocycles. The first kappa shape index (κ1) is 18.3. The van der Waals surface area contributed by atoms with Crippen molar-refractivity contribution in [1.82, 2.24) is 10.6 Å². The third-order valence-corrected chi connectivity index (χ3v) is 4.63. The molecule has 0 aromatic heterocycles. The molecule has 2 atom stereocenters. The molecule has 0 aliphatic heterocycles.